The number of hydrogen-bond donors (Lipinski definition) is 5. The lowest BCUT2D eigenvalue weighted by Gasteiger charge is -2.32. The van der Waals surface area contributed by atoms with Gasteiger partial charge in [0.05, 0.1) is 30.6 Å². The van der Waals surface area contributed by atoms with Gasteiger partial charge in [-0.2, -0.15) is 0 Å². The molecular formula is C33H44N6O5. The van der Waals surface area contributed by atoms with Crippen molar-refractivity contribution in [3.63, 3.8) is 0 Å². The molecule has 5 amide bonds. The summed E-state index contributed by atoms with van der Waals surface area (Å²) in [5.41, 5.74) is 6.96. The smallest absolute Gasteiger partial charge is 0.317 e. The highest BCUT2D eigenvalue weighted by molar-refractivity contribution is 5.99. The van der Waals surface area contributed by atoms with Crippen LogP contribution in [0.15, 0.2) is 66.7 Å². The summed E-state index contributed by atoms with van der Waals surface area (Å²) < 4.78 is 0. The minimum atomic E-state index is -1.32. The zero-order valence-corrected chi connectivity index (χ0v) is 25.7. The molecule has 6 N–H and O–H groups in total. The number of carbonyl (C=O) groups is 4. The topological polar surface area (TPSA) is 167 Å². The van der Waals surface area contributed by atoms with Gasteiger partial charge in [0.2, 0.25) is 11.8 Å². The number of amides is 5. The van der Waals surface area contributed by atoms with E-state index in [-0.39, 0.29) is 30.6 Å². The highest BCUT2D eigenvalue weighted by Gasteiger charge is 2.31. The van der Waals surface area contributed by atoms with Crippen LogP contribution in [0.3, 0.4) is 0 Å². The predicted octanol–water partition coefficient (Wildman–Crippen LogP) is 2.76. The molecule has 0 spiro atoms. The maximum absolute atomic E-state index is 13.6. The molecule has 236 valence electrons. The van der Waals surface area contributed by atoms with Gasteiger partial charge in [-0.05, 0) is 36.5 Å². The Kier molecular flexibility index (Phi) is 13.1. The normalized spacial score (nSPS) is 13.1. The number of nitrogens with one attached hydrogen (secondary N) is 3. The number of aliphatic hydroxyl groups is 1. The summed E-state index contributed by atoms with van der Waals surface area (Å²) in [6, 6.07) is 17.4. The number of pyridine rings is 1. The average Bonchev–Trinajstić information content (AvgIpc) is 2.99. The summed E-state index contributed by atoms with van der Waals surface area (Å²) in [4.78, 5) is 57.5. The quantitative estimate of drug-likeness (QED) is 0.158. The van der Waals surface area contributed by atoms with Gasteiger partial charge in [0.1, 0.15) is 11.7 Å². The van der Waals surface area contributed by atoms with Crippen molar-refractivity contribution < 1.29 is 24.3 Å². The molecule has 3 rings (SSSR count). The van der Waals surface area contributed by atoms with Gasteiger partial charge in [-0.1, -0.05) is 81.8 Å². The van der Waals surface area contributed by atoms with Crippen molar-refractivity contribution in [2.75, 3.05) is 19.6 Å². The first kappa shape index (κ1) is 34.0. The zero-order chi connectivity index (χ0) is 32.1. The summed E-state index contributed by atoms with van der Waals surface area (Å²) in [5, 5.41) is 20.6. The zero-order valence-electron chi connectivity index (χ0n) is 25.7. The average molecular weight is 605 g/mol. The number of fused-ring (bicyclic) bond motifs is 1. The molecule has 2 aromatic carbocycles. The van der Waals surface area contributed by atoms with Gasteiger partial charge in [0.25, 0.3) is 5.91 Å². The summed E-state index contributed by atoms with van der Waals surface area (Å²) in [7, 11) is 0. The van der Waals surface area contributed by atoms with Gasteiger partial charge in [-0.3, -0.25) is 14.4 Å². The third-order valence-electron chi connectivity index (χ3n) is 7.04. The molecule has 1 heterocycles. The minimum Gasteiger partial charge on any atom is -0.389 e. The number of urea groups is 1. The molecule has 3 aromatic rings. The van der Waals surface area contributed by atoms with E-state index in [1.54, 1.807) is 23.1 Å². The standard InChI is InChI=1S/C33H44N6O5/c1-4-5-17-35-33(44)39(20-22(2)3)21-29(40)27(18-23-11-7-6-8-12-23)37-32(43)28(19-30(34)41)38-31(42)26-16-15-24-13-9-10-14-25(24)36-26/h6-16,22,27-29,40H,4-5,17-21H2,1-3H3,(H2,34,41)(H,35,44)(H,37,43)(H,38,42)/t27-,28-,29?/m0/s1. The minimum absolute atomic E-state index is 0.0399. The number of hydrogen-bond acceptors (Lipinski definition) is 6. The van der Waals surface area contributed by atoms with Crippen molar-refractivity contribution >= 4 is 34.7 Å². The SMILES string of the molecule is CCCCNC(=O)N(CC(C)C)CC(O)[C@H](Cc1ccccc1)NC(=O)[C@H](CC(N)=O)NC(=O)c1ccc2ccccc2n1. The molecule has 3 atom stereocenters. The van der Waals surface area contributed by atoms with Gasteiger partial charge in [-0.15, -0.1) is 0 Å². The van der Waals surface area contributed by atoms with E-state index in [9.17, 15) is 24.3 Å². The van der Waals surface area contributed by atoms with Gasteiger partial charge >= 0.3 is 6.03 Å². The Morgan fingerprint density at radius 1 is 0.932 bits per heavy atom. The van der Waals surface area contributed by atoms with E-state index in [0.717, 1.165) is 23.8 Å². The molecule has 1 unspecified atom stereocenters. The number of rotatable bonds is 16. The van der Waals surface area contributed by atoms with Crippen LogP contribution in [0.2, 0.25) is 0 Å². The van der Waals surface area contributed by atoms with Crippen LogP contribution >= 0.6 is 0 Å². The Morgan fingerprint density at radius 2 is 1.64 bits per heavy atom. The number of nitrogens with two attached hydrogens (primary N) is 1. The maximum atomic E-state index is 13.6. The van der Waals surface area contributed by atoms with Crippen LogP contribution in [0.4, 0.5) is 4.79 Å². The highest BCUT2D eigenvalue weighted by atomic mass is 16.3. The molecule has 0 fully saturated rings. The number of unbranched alkanes of at least 4 members (excludes halogenated alkanes) is 1. The second kappa shape index (κ2) is 17.0. The van der Waals surface area contributed by atoms with Crippen LogP contribution in [0.25, 0.3) is 10.9 Å². The van der Waals surface area contributed by atoms with Crippen molar-refractivity contribution in [1.82, 2.24) is 25.8 Å². The lowest BCUT2D eigenvalue weighted by Crippen LogP contribution is -2.57. The number of aliphatic hydroxyl groups excluding tert-OH is 1. The molecule has 0 aliphatic carbocycles. The molecule has 1 aromatic heterocycles. The van der Waals surface area contributed by atoms with E-state index in [4.69, 9.17) is 5.73 Å². The number of para-hydroxylation sites is 1. The summed E-state index contributed by atoms with van der Waals surface area (Å²) in [6.07, 6.45) is 0.376. The number of carbonyl (C=O) groups excluding carboxylic acids is 4. The van der Waals surface area contributed by atoms with Crippen LogP contribution in [-0.2, 0) is 16.0 Å². The monoisotopic (exact) mass is 604 g/mol. The fourth-order valence-corrected chi connectivity index (χ4v) is 4.79. The molecule has 0 aliphatic heterocycles. The van der Waals surface area contributed by atoms with E-state index in [1.807, 2.05) is 63.2 Å². The van der Waals surface area contributed by atoms with Crippen molar-refractivity contribution in [3.05, 3.63) is 78.0 Å². The van der Waals surface area contributed by atoms with Crippen molar-refractivity contribution in [3.8, 4) is 0 Å². The number of primary amides is 1. The largest absolute Gasteiger partial charge is 0.389 e. The van der Waals surface area contributed by atoms with Crippen molar-refractivity contribution in [2.45, 2.75) is 64.6 Å². The van der Waals surface area contributed by atoms with Crippen molar-refractivity contribution in [1.29, 1.82) is 0 Å². The summed E-state index contributed by atoms with van der Waals surface area (Å²) >= 11 is 0. The molecular weight excluding hydrogens is 560 g/mol. The van der Waals surface area contributed by atoms with Crippen LogP contribution < -0.4 is 21.7 Å². The first-order chi connectivity index (χ1) is 21.1. The molecule has 0 aliphatic rings. The summed E-state index contributed by atoms with van der Waals surface area (Å²) in [5.74, 6) is -1.99. The number of benzene rings is 2. The second-order valence-corrected chi connectivity index (χ2v) is 11.3. The first-order valence-electron chi connectivity index (χ1n) is 15.1. The van der Waals surface area contributed by atoms with Gasteiger partial charge in [-0.25, -0.2) is 9.78 Å². The molecule has 11 nitrogen and oxygen atoms in total. The van der Waals surface area contributed by atoms with Crippen molar-refractivity contribution in [2.24, 2.45) is 11.7 Å². The molecule has 0 saturated heterocycles. The highest BCUT2D eigenvalue weighted by Crippen LogP contribution is 2.13. The Hall–Kier alpha value is -4.51. The molecule has 0 saturated carbocycles. The second-order valence-electron chi connectivity index (χ2n) is 11.3. The fourth-order valence-electron chi connectivity index (χ4n) is 4.79. The van der Waals surface area contributed by atoms with Crippen LogP contribution in [0.1, 0.15) is 56.1 Å². The molecule has 0 radical (unpaired) electrons. The van der Waals surface area contributed by atoms with Gasteiger partial charge in [0, 0.05) is 18.5 Å². The first-order valence-corrected chi connectivity index (χ1v) is 15.1. The molecule has 11 heteroatoms. The van der Waals surface area contributed by atoms with Crippen LogP contribution in [-0.4, -0.2) is 76.6 Å². The number of nitrogens with zero attached hydrogens (tertiary/aromatic N) is 2. The lowest BCUT2D eigenvalue weighted by molar-refractivity contribution is -0.128. The lowest BCUT2D eigenvalue weighted by atomic mass is 9.99. The van der Waals surface area contributed by atoms with E-state index in [2.05, 4.69) is 20.9 Å². The maximum Gasteiger partial charge on any atom is 0.317 e. The van der Waals surface area contributed by atoms with E-state index >= 15 is 0 Å². The fraction of sp³-hybridized carbons (Fsp3) is 0.424. The Labute approximate surface area is 258 Å². The molecule has 0 bridgehead atoms. The Morgan fingerprint density at radius 3 is 2.32 bits per heavy atom. The van der Waals surface area contributed by atoms with E-state index in [1.165, 1.54) is 6.07 Å². The Balaban J connectivity index is 1.81. The Bertz CT molecular complexity index is 1400. The molecule has 44 heavy (non-hydrogen) atoms. The van der Waals surface area contributed by atoms with Gasteiger partial charge in [0.15, 0.2) is 0 Å². The summed E-state index contributed by atoms with van der Waals surface area (Å²) in [6.45, 7) is 6.87. The predicted molar refractivity (Wildman–Crippen MR) is 170 cm³/mol. The van der Waals surface area contributed by atoms with Crippen LogP contribution in [0.5, 0.6) is 0 Å². The van der Waals surface area contributed by atoms with E-state index < -0.39 is 42.3 Å². The van der Waals surface area contributed by atoms with Crippen LogP contribution in [0, 0.1) is 5.92 Å². The number of aromatic nitrogens is 1. The third kappa shape index (κ3) is 10.6. The van der Waals surface area contributed by atoms with E-state index in [0.29, 0.717) is 18.6 Å². The van der Waals surface area contributed by atoms with Gasteiger partial charge < -0.3 is 31.7 Å². The third-order valence-corrected chi connectivity index (χ3v) is 7.04.